The maximum absolute atomic E-state index is 12.7. The van der Waals surface area contributed by atoms with Crippen molar-refractivity contribution in [2.45, 2.75) is 38.5 Å². The van der Waals surface area contributed by atoms with E-state index in [-0.39, 0.29) is 11.8 Å². The van der Waals surface area contributed by atoms with Crippen molar-refractivity contribution in [2.24, 2.45) is 5.92 Å². The number of nitrogens with one attached hydrogen (secondary N) is 1. The molecule has 1 aliphatic heterocycles. The third-order valence-corrected chi connectivity index (χ3v) is 6.63. The third kappa shape index (κ3) is 3.84. The van der Waals surface area contributed by atoms with Crippen molar-refractivity contribution in [3.63, 3.8) is 0 Å². The van der Waals surface area contributed by atoms with Gasteiger partial charge in [-0.05, 0) is 38.5 Å². The predicted octanol–water partition coefficient (Wildman–Crippen LogP) is 2.25. The summed E-state index contributed by atoms with van der Waals surface area (Å²) in [6.07, 6.45) is 10.8. The smallest absolute Gasteiger partial charge is 0.229 e. The Morgan fingerprint density at radius 3 is 2.72 bits per heavy atom. The zero-order valence-corrected chi connectivity index (χ0v) is 16.8. The molecule has 1 aliphatic carbocycles. The molecule has 0 bridgehead atoms. The molecule has 0 radical (unpaired) electrons. The standard InChI is InChI=1S/C19H22N8OS/c28-18(25-19-24-14-3-1-2-4-15(14)29-19)13-5-7-26(8-6-13)16-9-17(22-11-21-16)27-12-20-10-23-27/h9-13H,1-8H2,(H,24,25,28). The molecule has 1 amide bonds. The van der Waals surface area contributed by atoms with E-state index in [1.807, 2.05) is 6.07 Å². The van der Waals surface area contributed by atoms with Gasteiger partial charge >= 0.3 is 0 Å². The van der Waals surface area contributed by atoms with Gasteiger partial charge in [-0.25, -0.2) is 24.6 Å². The Hall–Kier alpha value is -2.88. The average Bonchev–Trinajstić information content (AvgIpc) is 3.43. The van der Waals surface area contributed by atoms with Crippen LogP contribution in [-0.2, 0) is 17.6 Å². The average molecular weight is 411 g/mol. The topological polar surface area (TPSA) is 102 Å². The molecule has 1 fully saturated rings. The van der Waals surface area contributed by atoms with Crippen molar-refractivity contribution in [3.05, 3.63) is 35.6 Å². The normalized spacial score (nSPS) is 17.2. The highest BCUT2D eigenvalue weighted by atomic mass is 32.1. The predicted molar refractivity (Wildman–Crippen MR) is 109 cm³/mol. The first-order chi connectivity index (χ1) is 14.3. The fourth-order valence-corrected chi connectivity index (χ4v) is 5.00. The molecule has 10 heteroatoms. The first kappa shape index (κ1) is 18.2. The minimum absolute atomic E-state index is 0.00352. The lowest BCUT2D eigenvalue weighted by Gasteiger charge is -2.32. The fraction of sp³-hybridized carbons (Fsp3) is 0.474. The van der Waals surface area contributed by atoms with Gasteiger partial charge in [0, 0.05) is 30.0 Å². The molecule has 3 aromatic heterocycles. The lowest BCUT2D eigenvalue weighted by Crippen LogP contribution is -2.38. The van der Waals surface area contributed by atoms with Gasteiger partial charge in [-0.3, -0.25) is 4.79 Å². The van der Waals surface area contributed by atoms with Crippen LogP contribution in [0.2, 0.25) is 0 Å². The number of aromatic nitrogens is 6. The summed E-state index contributed by atoms with van der Waals surface area (Å²) >= 11 is 1.64. The number of amides is 1. The van der Waals surface area contributed by atoms with Crippen LogP contribution in [0.1, 0.15) is 36.3 Å². The number of carbonyl (C=O) groups excluding carboxylic acids is 1. The van der Waals surface area contributed by atoms with Gasteiger partial charge in [0.05, 0.1) is 5.69 Å². The van der Waals surface area contributed by atoms with Gasteiger partial charge in [-0.1, -0.05) is 0 Å². The van der Waals surface area contributed by atoms with Crippen molar-refractivity contribution in [2.75, 3.05) is 23.3 Å². The highest BCUT2D eigenvalue weighted by molar-refractivity contribution is 7.15. The van der Waals surface area contributed by atoms with Gasteiger partial charge in [0.1, 0.15) is 24.8 Å². The molecule has 1 saturated heterocycles. The maximum Gasteiger partial charge on any atom is 0.229 e. The summed E-state index contributed by atoms with van der Waals surface area (Å²) in [7, 11) is 0. The molecule has 9 nitrogen and oxygen atoms in total. The summed E-state index contributed by atoms with van der Waals surface area (Å²) in [5.74, 6) is 1.61. The second kappa shape index (κ2) is 7.86. The molecule has 0 atom stereocenters. The zero-order valence-electron chi connectivity index (χ0n) is 16.0. The highest BCUT2D eigenvalue weighted by Gasteiger charge is 2.27. The number of rotatable bonds is 4. The van der Waals surface area contributed by atoms with E-state index in [1.165, 1.54) is 36.1 Å². The molecule has 0 spiro atoms. The molecular weight excluding hydrogens is 388 g/mol. The highest BCUT2D eigenvalue weighted by Crippen LogP contribution is 2.30. The van der Waals surface area contributed by atoms with E-state index in [1.54, 1.807) is 22.3 Å². The largest absolute Gasteiger partial charge is 0.356 e. The number of hydrogen-bond acceptors (Lipinski definition) is 8. The Bertz CT molecular complexity index is 970. The van der Waals surface area contributed by atoms with Crippen LogP contribution in [0.5, 0.6) is 0 Å². The SMILES string of the molecule is O=C(Nc1nc2c(s1)CCCC2)C1CCN(c2cc(-n3cncn3)ncn2)CC1. The van der Waals surface area contributed by atoms with Crippen LogP contribution in [-0.4, -0.2) is 48.7 Å². The monoisotopic (exact) mass is 410 g/mol. The van der Waals surface area contributed by atoms with E-state index >= 15 is 0 Å². The molecule has 150 valence electrons. The van der Waals surface area contributed by atoms with Crippen LogP contribution in [0.25, 0.3) is 5.82 Å². The van der Waals surface area contributed by atoms with E-state index in [2.05, 4.69) is 35.3 Å². The molecular formula is C19H22N8OS. The number of piperidine rings is 1. The lowest BCUT2D eigenvalue weighted by atomic mass is 9.96. The number of hydrogen-bond donors (Lipinski definition) is 1. The summed E-state index contributed by atoms with van der Waals surface area (Å²) in [5, 5.41) is 7.93. The van der Waals surface area contributed by atoms with Crippen LogP contribution < -0.4 is 10.2 Å². The van der Waals surface area contributed by atoms with Gasteiger partial charge in [0.2, 0.25) is 5.91 Å². The molecule has 0 aromatic carbocycles. The van der Waals surface area contributed by atoms with Gasteiger partial charge in [-0.2, -0.15) is 5.10 Å². The van der Waals surface area contributed by atoms with Crippen LogP contribution in [0.3, 0.4) is 0 Å². The van der Waals surface area contributed by atoms with Gasteiger partial charge in [0.15, 0.2) is 10.9 Å². The number of thiazole rings is 1. The Labute approximate surface area is 172 Å². The number of fused-ring (bicyclic) bond motifs is 1. The van der Waals surface area contributed by atoms with Crippen molar-refractivity contribution in [3.8, 4) is 5.82 Å². The van der Waals surface area contributed by atoms with E-state index < -0.39 is 0 Å². The minimum Gasteiger partial charge on any atom is -0.356 e. The summed E-state index contributed by atoms with van der Waals surface area (Å²) in [6, 6.07) is 1.90. The van der Waals surface area contributed by atoms with Crippen LogP contribution in [0.4, 0.5) is 10.9 Å². The van der Waals surface area contributed by atoms with Crippen LogP contribution >= 0.6 is 11.3 Å². The summed E-state index contributed by atoms with van der Waals surface area (Å²) in [6.45, 7) is 1.56. The van der Waals surface area contributed by atoms with Gasteiger partial charge < -0.3 is 10.2 Å². The third-order valence-electron chi connectivity index (χ3n) is 5.56. The number of anilines is 2. The van der Waals surface area contributed by atoms with E-state index in [4.69, 9.17) is 0 Å². The first-order valence-electron chi connectivity index (χ1n) is 9.98. The molecule has 0 unspecified atom stereocenters. The van der Waals surface area contributed by atoms with Crippen LogP contribution in [0.15, 0.2) is 25.0 Å². The second-order valence-electron chi connectivity index (χ2n) is 7.42. The second-order valence-corrected chi connectivity index (χ2v) is 8.50. The zero-order chi connectivity index (χ0) is 19.6. The Balaban J connectivity index is 1.20. The Kier molecular flexibility index (Phi) is 4.92. The molecule has 0 saturated carbocycles. The molecule has 1 N–H and O–H groups in total. The number of aryl methyl sites for hydroxylation is 2. The number of carbonyl (C=O) groups is 1. The molecule has 2 aliphatic rings. The maximum atomic E-state index is 12.7. The van der Waals surface area contributed by atoms with Crippen molar-refractivity contribution < 1.29 is 4.79 Å². The van der Waals surface area contributed by atoms with Crippen molar-refractivity contribution in [1.82, 2.24) is 29.7 Å². The quantitative estimate of drug-likeness (QED) is 0.704. The lowest BCUT2D eigenvalue weighted by molar-refractivity contribution is -0.120. The summed E-state index contributed by atoms with van der Waals surface area (Å²) in [4.78, 5) is 33.5. The molecule has 4 heterocycles. The molecule has 5 rings (SSSR count). The fourth-order valence-electron chi connectivity index (χ4n) is 3.95. The number of nitrogens with zero attached hydrogens (tertiary/aromatic N) is 7. The minimum atomic E-state index is 0.00352. The van der Waals surface area contributed by atoms with Gasteiger partial charge in [0.25, 0.3) is 0 Å². The summed E-state index contributed by atoms with van der Waals surface area (Å²) in [5.41, 5.74) is 1.18. The molecule has 3 aromatic rings. The Morgan fingerprint density at radius 1 is 1.10 bits per heavy atom. The van der Waals surface area contributed by atoms with Crippen molar-refractivity contribution >= 4 is 28.2 Å². The molecule has 29 heavy (non-hydrogen) atoms. The first-order valence-corrected chi connectivity index (χ1v) is 10.8. The van der Waals surface area contributed by atoms with E-state index in [0.29, 0.717) is 5.82 Å². The summed E-state index contributed by atoms with van der Waals surface area (Å²) < 4.78 is 1.61. The van der Waals surface area contributed by atoms with Crippen LogP contribution in [0, 0.1) is 5.92 Å². The van der Waals surface area contributed by atoms with E-state index in [9.17, 15) is 4.79 Å². The van der Waals surface area contributed by atoms with E-state index in [0.717, 1.165) is 49.7 Å². The van der Waals surface area contributed by atoms with Gasteiger partial charge in [-0.15, -0.1) is 11.3 Å². The Morgan fingerprint density at radius 2 is 1.93 bits per heavy atom. The van der Waals surface area contributed by atoms with Crippen molar-refractivity contribution in [1.29, 1.82) is 0 Å².